The number of amides is 1. The van der Waals surface area contributed by atoms with E-state index in [4.69, 9.17) is 25.2 Å². The number of likely N-dealkylation sites (N-methyl/N-ethyl adjacent to an activating group) is 1. The Morgan fingerprint density at radius 3 is 2.11 bits per heavy atom. The van der Waals surface area contributed by atoms with E-state index in [0.717, 1.165) is 13.1 Å². The van der Waals surface area contributed by atoms with Gasteiger partial charge in [-0.25, -0.2) is 14.3 Å². The van der Waals surface area contributed by atoms with Gasteiger partial charge in [0.15, 0.2) is 23.7 Å². The summed E-state index contributed by atoms with van der Waals surface area (Å²) in [4.78, 5) is 41.0. The Hall–Kier alpha value is -4.47. The number of aliphatic hydroxyl groups excluding tert-OH is 2. The van der Waals surface area contributed by atoms with Gasteiger partial charge in [-0.05, 0) is 31.3 Å². The first-order valence-corrected chi connectivity index (χ1v) is 11.3. The number of nitrogens with zero attached hydrogens (tertiary/aromatic N) is 7. The minimum absolute atomic E-state index is 0.0921. The van der Waals surface area contributed by atoms with E-state index in [2.05, 4.69) is 32.2 Å². The van der Waals surface area contributed by atoms with E-state index in [1.54, 1.807) is 29.1 Å². The van der Waals surface area contributed by atoms with Crippen LogP contribution in [-0.4, -0.2) is 126 Å². The highest BCUT2D eigenvalue weighted by Gasteiger charge is 2.29. The average molecular weight is 530 g/mol. The fourth-order valence-electron chi connectivity index (χ4n) is 3.33. The molecule has 1 saturated heterocycles. The first-order valence-electron chi connectivity index (χ1n) is 11.3. The maximum atomic E-state index is 13.0. The number of aromatic nitrogens is 5. The van der Waals surface area contributed by atoms with Crippen molar-refractivity contribution in [3.63, 3.8) is 0 Å². The minimum atomic E-state index is -2.27. The molecule has 2 atom stereocenters. The Balaban J connectivity index is 0.000000342. The smallest absolute Gasteiger partial charge is 0.335 e. The molecular formula is C23H27N7O8. The zero-order valence-corrected chi connectivity index (χ0v) is 20.6. The van der Waals surface area contributed by atoms with Crippen molar-refractivity contribution in [2.45, 2.75) is 12.2 Å². The molecular weight excluding hydrogens is 502 g/mol. The molecule has 1 amide bonds. The predicted molar refractivity (Wildman–Crippen MR) is 130 cm³/mol. The summed E-state index contributed by atoms with van der Waals surface area (Å²) in [5.41, 5.74) is 1.74. The number of carbonyl (C=O) groups excluding carboxylic acids is 1. The zero-order valence-electron chi connectivity index (χ0n) is 20.6. The van der Waals surface area contributed by atoms with E-state index in [0.29, 0.717) is 41.9 Å². The average Bonchev–Trinajstić information content (AvgIpc) is 3.38. The first-order chi connectivity index (χ1) is 18.1. The predicted octanol–water partition coefficient (Wildman–Crippen LogP) is -1.00. The van der Waals surface area contributed by atoms with E-state index in [1.807, 2.05) is 23.1 Å². The third-order valence-electron chi connectivity index (χ3n) is 5.50. The highest BCUT2D eigenvalue weighted by atomic mass is 16.5. The van der Waals surface area contributed by atoms with Crippen LogP contribution in [-0.2, 0) is 9.59 Å². The molecule has 4 heterocycles. The van der Waals surface area contributed by atoms with Crippen molar-refractivity contribution in [3.05, 3.63) is 48.3 Å². The van der Waals surface area contributed by atoms with Crippen LogP contribution in [0.5, 0.6) is 5.88 Å². The molecule has 15 nitrogen and oxygen atoms in total. The molecule has 4 N–H and O–H groups in total. The zero-order chi connectivity index (χ0) is 27.8. The molecule has 38 heavy (non-hydrogen) atoms. The van der Waals surface area contributed by atoms with Gasteiger partial charge in [-0.3, -0.25) is 9.78 Å². The van der Waals surface area contributed by atoms with E-state index in [-0.39, 0.29) is 5.91 Å². The van der Waals surface area contributed by atoms with Gasteiger partial charge in [-0.1, -0.05) is 6.07 Å². The van der Waals surface area contributed by atoms with Gasteiger partial charge in [0.2, 0.25) is 5.88 Å². The third kappa shape index (κ3) is 6.84. The molecule has 1 aliphatic rings. The summed E-state index contributed by atoms with van der Waals surface area (Å²) in [5.74, 6) is -2.74. The maximum absolute atomic E-state index is 13.0. The summed E-state index contributed by atoms with van der Waals surface area (Å²) in [6, 6.07) is 10.8. The number of ether oxygens (including phenoxy) is 1. The number of hydrogen-bond donors (Lipinski definition) is 4. The van der Waals surface area contributed by atoms with Gasteiger partial charge < -0.3 is 35.0 Å². The van der Waals surface area contributed by atoms with E-state index < -0.39 is 24.1 Å². The summed E-state index contributed by atoms with van der Waals surface area (Å²) in [7, 11) is 3.59. The third-order valence-corrected chi connectivity index (χ3v) is 5.50. The monoisotopic (exact) mass is 529 g/mol. The Bertz CT molecular complexity index is 1230. The Morgan fingerprint density at radius 2 is 1.61 bits per heavy atom. The molecule has 0 radical (unpaired) electrons. The van der Waals surface area contributed by atoms with Crippen molar-refractivity contribution in [3.8, 4) is 23.1 Å². The van der Waals surface area contributed by atoms with Gasteiger partial charge in [-0.2, -0.15) is 5.10 Å². The van der Waals surface area contributed by atoms with Gasteiger partial charge >= 0.3 is 11.9 Å². The summed E-state index contributed by atoms with van der Waals surface area (Å²) < 4.78 is 6.67. The molecule has 202 valence electrons. The molecule has 4 rings (SSSR count). The van der Waals surface area contributed by atoms with E-state index >= 15 is 0 Å². The normalized spacial score (nSPS) is 15.1. The molecule has 0 spiro atoms. The van der Waals surface area contributed by atoms with Crippen LogP contribution in [0.2, 0.25) is 0 Å². The lowest BCUT2D eigenvalue weighted by atomic mass is 10.2. The Morgan fingerprint density at radius 1 is 0.947 bits per heavy atom. The van der Waals surface area contributed by atoms with Gasteiger partial charge in [-0.15, -0.1) is 10.2 Å². The van der Waals surface area contributed by atoms with Gasteiger partial charge in [0, 0.05) is 38.4 Å². The number of pyridine rings is 1. The second-order valence-corrected chi connectivity index (χ2v) is 8.14. The number of piperazine rings is 1. The number of carboxylic acids is 2. The van der Waals surface area contributed by atoms with Gasteiger partial charge in [0.05, 0.1) is 18.5 Å². The summed E-state index contributed by atoms with van der Waals surface area (Å²) in [5, 5.41) is 45.2. The van der Waals surface area contributed by atoms with Crippen LogP contribution in [0.4, 0.5) is 0 Å². The number of methoxy groups -OCH3 is 1. The van der Waals surface area contributed by atoms with Crippen LogP contribution in [0.1, 0.15) is 10.5 Å². The van der Waals surface area contributed by atoms with Crippen molar-refractivity contribution < 1.29 is 39.5 Å². The highest BCUT2D eigenvalue weighted by molar-refractivity contribution is 5.93. The van der Waals surface area contributed by atoms with Crippen LogP contribution < -0.4 is 4.74 Å². The molecule has 0 saturated carbocycles. The number of aliphatic hydroxyl groups is 2. The van der Waals surface area contributed by atoms with Crippen molar-refractivity contribution in [2.75, 3.05) is 40.3 Å². The molecule has 0 aliphatic carbocycles. The number of hydrogen-bond acceptors (Lipinski definition) is 11. The quantitative estimate of drug-likeness (QED) is 0.290. The largest absolute Gasteiger partial charge is 0.480 e. The lowest BCUT2D eigenvalue weighted by Gasteiger charge is -2.31. The molecule has 1 aliphatic heterocycles. The van der Waals surface area contributed by atoms with Crippen molar-refractivity contribution in [1.29, 1.82) is 0 Å². The summed E-state index contributed by atoms with van der Waals surface area (Å²) in [6.07, 6.45) is -2.83. The molecule has 3 aromatic rings. The fourth-order valence-corrected chi connectivity index (χ4v) is 3.33. The molecule has 0 bridgehead atoms. The van der Waals surface area contributed by atoms with Crippen molar-refractivity contribution in [1.82, 2.24) is 34.8 Å². The second-order valence-electron chi connectivity index (χ2n) is 8.14. The summed E-state index contributed by atoms with van der Waals surface area (Å²) >= 11 is 0. The minimum Gasteiger partial charge on any atom is -0.480 e. The van der Waals surface area contributed by atoms with Crippen LogP contribution in [0, 0.1) is 0 Å². The van der Waals surface area contributed by atoms with Gasteiger partial charge in [0.1, 0.15) is 0 Å². The first kappa shape index (κ1) is 28.1. The lowest BCUT2D eigenvalue weighted by molar-refractivity contribution is -0.165. The number of carboxylic acid groups (broad SMARTS) is 2. The SMILES string of the molecule is COc1ccc(-n2nc(C(=O)N3CCN(C)CC3)cc2-c2ccccn2)nn1.O=C(O)[C@H](O)[C@@H](O)C(=O)O. The number of carbonyl (C=O) groups is 3. The fraction of sp³-hybridized carbons (Fsp3) is 0.348. The van der Waals surface area contributed by atoms with Crippen LogP contribution in [0.3, 0.4) is 0 Å². The molecule has 0 aromatic carbocycles. The molecule has 1 fully saturated rings. The topological polar surface area (TPSA) is 204 Å². The molecule has 15 heteroatoms. The maximum Gasteiger partial charge on any atom is 0.335 e. The Labute approximate surface area is 216 Å². The summed E-state index contributed by atoms with van der Waals surface area (Å²) in [6.45, 7) is 3.07. The second kappa shape index (κ2) is 12.7. The highest BCUT2D eigenvalue weighted by Crippen LogP contribution is 2.22. The van der Waals surface area contributed by atoms with Gasteiger partial charge in [0.25, 0.3) is 5.91 Å². The van der Waals surface area contributed by atoms with Crippen LogP contribution in [0.25, 0.3) is 17.2 Å². The molecule has 3 aromatic heterocycles. The van der Waals surface area contributed by atoms with Crippen molar-refractivity contribution in [2.24, 2.45) is 0 Å². The van der Waals surface area contributed by atoms with Crippen molar-refractivity contribution >= 4 is 17.8 Å². The standard InChI is InChI=1S/C19H21N7O2.C4H6O6/c1-24-9-11-25(12-10-24)19(27)15-13-16(14-5-3-4-8-20-14)26(23-15)17-6-7-18(28-2)22-21-17;5-1(3(7)8)2(6)4(9)10/h3-8,13H,9-12H2,1-2H3;1-2,5-6H,(H,7,8)(H,9,10)/t;1-,2-/m.1/s1. The van der Waals surface area contributed by atoms with E-state index in [1.165, 1.54) is 7.11 Å². The Kier molecular flexibility index (Phi) is 9.37. The lowest BCUT2D eigenvalue weighted by Crippen LogP contribution is -2.47. The number of rotatable bonds is 7. The number of aliphatic carboxylic acids is 2. The van der Waals surface area contributed by atoms with Crippen LogP contribution >= 0.6 is 0 Å². The molecule has 0 unspecified atom stereocenters. The van der Waals surface area contributed by atoms with Crippen LogP contribution in [0.15, 0.2) is 42.6 Å². The van der Waals surface area contributed by atoms with E-state index in [9.17, 15) is 14.4 Å².